The third kappa shape index (κ3) is 2.55. The zero-order chi connectivity index (χ0) is 21.1. The summed E-state index contributed by atoms with van der Waals surface area (Å²) in [5.41, 5.74) is 7.19. The number of carbonyl (C=O) groups excluding carboxylic acids is 1. The molecular weight excluding hydrogens is 370 g/mol. The van der Waals surface area contributed by atoms with Crippen LogP contribution in [0.3, 0.4) is 0 Å². The highest BCUT2D eigenvalue weighted by Crippen LogP contribution is 2.49. The van der Waals surface area contributed by atoms with Gasteiger partial charge in [-0.1, -0.05) is 6.07 Å². The van der Waals surface area contributed by atoms with E-state index in [1.807, 2.05) is 33.3 Å². The summed E-state index contributed by atoms with van der Waals surface area (Å²) >= 11 is 0. The van der Waals surface area contributed by atoms with E-state index in [-0.39, 0.29) is 5.78 Å². The monoisotopic (exact) mass is 397 g/mol. The molecule has 4 nitrogen and oxygen atoms in total. The number of benzene rings is 1. The highest BCUT2D eigenvalue weighted by atomic mass is 16.1. The number of fused-ring (bicyclic) bond motifs is 4. The second-order valence-corrected chi connectivity index (χ2v) is 9.27. The molecule has 0 radical (unpaired) electrons. The van der Waals surface area contributed by atoms with Gasteiger partial charge >= 0.3 is 0 Å². The second-order valence-electron chi connectivity index (χ2n) is 9.27. The Bertz CT molecular complexity index is 1250. The zero-order valence-electron chi connectivity index (χ0n) is 18.1. The molecule has 1 aliphatic carbocycles. The van der Waals surface area contributed by atoms with Crippen molar-refractivity contribution in [3.63, 3.8) is 0 Å². The number of nitrogens with one attached hydrogen (secondary N) is 1. The summed E-state index contributed by atoms with van der Waals surface area (Å²) in [6.45, 7) is 7.91. The molecule has 2 aliphatic rings. The molecule has 3 heterocycles. The lowest BCUT2D eigenvalue weighted by molar-refractivity contribution is -0.127. The average Bonchev–Trinajstić information content (AvgIpc) is 3.40. The van der Waals surface area contributed by atoms with Crippen LogP contribution in [0.25, 0.3) is 16.8 Å². The first-order valence-corrected chi connectivity index (χ1v) is 10.7. The minimum Gasteiger partial charge on any atom is -0.373 e. The predicted molar refractivity (Wildman–Crippen MR) is 121 cm³/mol. The van der Waals surface area contributed by atoms with E-state index in [9.17, 15) is 4.79 Å². The van der Waals surface area contributed by atoms with Crippen molar-refractivity contribution >= 4 is 17.0 Å². The molecule has 1 aliphatic heterocycles. The van der Waals surface area contributed by atoms with Gasteiger partial charge in [-0.15, -0.1) is 11.8 Å². The number of hydrogen-bond acceptors (Lipinski definition) is 3. The van der Waals surface area contributed by atoms with E-state index in [4.69, 9.17) is 0 Å². The van der Waals surface area contributed by atoms with Gasteiger partial charge in [0.1, 0.15) is 0 Å². The predicted octanol–water partition coefficient (Wildman–Crippen LogP) is 4.93. The van der Waals surface area contributed by atoms with E-state index in [1.54, 1.807) is 0 Å². The van der Waals surface area contributed by atoms with Crippen LogP contribution in [-0.2, 0) is 23.1 Å². The van der Waals surface area contributed by atoms with E-state index in [1.165, 1.54) is 16.7 Å². The van der Waals surface area contributed by atoms with E-state index in [2.05, 4.69) is 57.7 Å². The fourth-order valence-corrected chi connectivity index (χ4v) is 5.38. The Balaban J connectivity index is 1.83. The maximum absolute atomic E-state index is 13.6. The molecule has 0 saturated carbocycles. The van der Waals surface area contributed by atoms with Crippen molar-refractivity contribution in [3.05, 3.63) is 53.5 Å². The van der Waals surface area contributed by atoms with Gasteiger partial charge < -0.3 is 5.32 Å². The van der Waals surface area contributed by atoms with Crippen molar-refractivity contribution in [1.82, 2.24) is 9.38 Å². The first-order chi connectivity index (χ1) is 14.4. The van der Waals surface area contributed by atoms with Crippen LogP contribution in [0.15, 0.2) is 36.8 Å². The number of hydrogen-bond donors (Lipinski definition) is 1. The van der Waals surface area contributed by atoms with E-state index >= 15 is 0 Å². The molecule has 30 heavy (non-hydrogen) atoms. The van der Waals surface area contributed by atoms with Gasteiger partial charge in [-0.05, 0) is 81.8 Å². The van der Waals surface area contributed by atoms with Crippen molar-refractivity contribution in [3.8, 4) is 23.1 Å². The number of ketones is 1. The topological polar surface area (TPSA) is 46.4 Å². The molecule has 4 heteroatoms. The highest BCUT2D eigenvalue weighted by molar-refractivity contribution is 6.04. The largest absolute Gasteiger partial charge is 0.373 e. The molecule has 0 spiro atoms. The van der Waals surface area contributed by atoms with Gasteiger partial charge in [0.2, 0.25) is 0 Å². The molecule has 0 fully saturated rings. The second kappa shape index (κ2) is 6.47. The SMILES string of the molecule is CC#CCC1(C)C(=O)C(C)(C)Nc2c1cc(-c1cccc3cncn13)c1c2CCC1. The zero-order valence-corrected chi connectivity index (χ0v) is 18.1. The standard InChI is InChI=1S/C26H27N3O/c1-5-6-13-26(4)21-14-20(22-12-7-9-17-15-27-16-29(17)22)18-10-8-11-19(18)23(21)28-25(2,3)24(26)30/h7,9,12,14-16,28H,8,10-11,13H2,1-4H3. The number of imidazole rings is 1. The third-order valence-electron chi connectivity index (χ3n) is 6.85. The summed E-state index contributed by atoms with van der Waals surface area (Å²) in [6, 6.07) is 8.57. The number of Topliss-reactive ketones (excluding diaryl/α,β-unsaturated/α-hetero) is 1. The minimum absolute atomic E-state index is 0.204. The van der Waals surface area contributed by atoms with Gasteiger partial charge in [0.05, 0.1) is 34.7 Å². The van der Waals surface area contributed by atoms with Gasteiger partial charge in [-0.25, -0.2) is 4.98 Å². The van der Waals surface area contributed by atoms with Crippen LogP contribution in [0.5, 0.6) is 0 Å². The lowest BCUT2D eigenvalue weighted by atomic mass is 9.65. The van der Waals surface area contributed by atoms with Crippen molar-refractivity contribution in [2.45, 2.75) is 64.3 Å². The third-order valence-corrected chi connectivity index (χ3v) is 6.85. The summed E-state index contributed by atoms with van der Waals surface area (Å²) in [5.74, 6) is 6.41. The summed E-state index contributed by atoms with van der Waals surface area (Å²) in [6.07, 6.45) is 7.54. The molecule has 1 aromatic carbocycles. The summed E-state index contributed by atoms with van der Waals surface area (Å²) in [4.78, 5) is 18.0. The lowest BCUT2D eigenvalue weighted by Gasteiger charge is -2.44. The van der Waals surface area contributed by atoms with Crippen LogP contribution in [-0.4, -0.2) is 20.7 Å². The Kier molecular flexibility index (Phi) is 4.08. The Morgan fingerprint density at radius 1 is 1.20 bits per heavy atom. The number of pyridine rings is 1. The Hall–Kier alpha value is -3.06. The molecule has 2 aromatic heterocycles. The van der Waals surface area contributed by atoms with Crippen LogP contribution in [0.2, 0.25) is 0 Å². The minimum atomic E-state index is -0.637. The number of nitrogens with zero attached hydrogens (tertiary/aromatic N) is 2. The summed E-state index contributed by atoms with van der Waals surface area (Å²) in [7, 11) is 0. The fraction of sp³-hybridized carbons (Fsp3) is 0.385. The number of anilines is 1. The van der Waals surface area contributed by atoms with Crippen molar-refractivity contribution < 1.29 is 4.79 Å². The molecule has 0 saturated heterocycles. The Morgan fingerprint density at radius 3 is 2.80 bits per heavy atom. The van der Waals surface area contributed by atoms with Crippen molar-refractivity contribution in [2.24, 2.45) is 0 Å². The lowest BCUT2D eigenvalue weighted by Crippen LogP contribution is -2.55. The normalized spacial score (nSPS) is 21.5. The fourth-order valence-electron chi connectivity index (χ4n) is 5.38. The van der Waals surface area contributed by atoms with Gasteiger partial charge in [-0.3, -0.25) is 9.20 Å². The maximum Gasteiger partial charge on any atom is 0.168 e. The van der Waals surface area contributed by atoms with Crippen LogP contribution in [0.4, 0.5) is 5.69 Å². The molecular formula is C26H27N3O. The van der Waals surface area contributed by atoms with Crippen LogP contribution in [0, 0.1) is 11.8 Å². The Labute approximate surface area is 177 Å². The molecule has 0 bridgehead atoms. The molecule has 1 unspecified atom stereocenters. The number of carbonyl (C=O) groups is 1. The quantitative estimate of drug-likeness (QED) is 0.624. The van der Waals surface area contributed by atoms with Gasteiger partial charge in [0.15, 0.2) is 5.78 Å². The molecule has 0 amide bonds. The summed E-state index contributed by atoms with van der Waals surface area (Å²) in [5, 5.41) is 3.61. The molecule has 5 rings (SSSR count). The smallest absolute Gasteiger partial charge is 0.168 e. The first-order valence-electron chi connectivity index (χ1n) is 10.7. The first kappa shape index (κ1) is 18.9. The summed E-state index contributed by atoms with van der Waals surface area (Å²) < 4.78 is 2.14. The van der Waals surface area contributed by atoms with Gasteiger partial charge in [0, 0.05) is 17.7 Å². The van der Waals surface area contributed by atoms with E-state index in [0.29, 0.717) is 6.42 Å². The molecule has 152 valence electrons. The maximum atomic E-state index is 13.6. The van der Waals surface area contributed by atoms with Crippen molar-refractivity contribution in [1.29, 1.82) is 0 Å². The molecule has 1 N–H and O–H groups in total. The Morgan fingerprint density at radius 2 is 2.00 bits per heavy atom. The number of rotatable bonds is 2. The van der Waals surface area contributed by atoms with Crippen LogP contribution >= 0.6 is 0 Å². The molecule has 3 aromatic rings. The van der Waals surface area contributed by atoms with Crippen LogP contribution < -0.4 is 5.32 Å². The van der Waals surface area contributed by atoms with Crippen LogP contribution in [0.1, 0.15) is 57.2 Å². The van der Waals surface area contributed by atoms with Gasteiger partial charge in [0.25, 0.3) is 0 Å². The number of aromatic nitrogens is 2. The van der Waals surface area contributed by atoms with Crippen molar-refractivity contribution in [2.75, 3.05) is 5.32 Å². The van der Waals surface area contributed by atoms with E-state index < -0.39 is 11.0 Å². The highest BCUT2D eigenvalue weighted by Gasteiger charge is 2.49. The average molecular weight is 398 g/mol. The molecule has 1 atom stereocenters. The van der Waals surface area contributed by atoms with Gasteiger partial charge in [-0.2, -0.15) is 0 Å². The van der Waals surface area contributed by atoms with E-state index in [0.717, 1.165) is 41.7 Å².